The zero-order chi connectivity index (χ0) is 14.8. The number of hydrogen-bond acceptors (Lipinski definition) is 5. The second kappa shape index (κ2) is 7.09. The fraction of sp³-hybridized carbons (Fsp3) is 0.308. The number of rotatable bonds is 2. The van der Waals surface area contributed by atoms with Crippen LogP contribution in [0.1, 0.15) is 10.8 Å². The van der Waals surface area contributed by atoms with Gasteiger partial charge in [-0.25, -0.2) is 3.15 Å². The molecule has 1 fully saturated rings. The average Bonchev–Trinajstić information content (AvgIpc) is 3.12. The van der Waals surface area contributed by atoms with Gasteiger partial charge in [0, 0.05) is 27.6 Å². The zero-order valence-electron chi connectivity index (χ0n) is 10.7. The van der Waals surface area contributed by atoms with E-state index in [2.05, 4.69) is 12.3 Å². The Morgan fingerprint density at radius 3 is 3.00 bits per heavy atom. The first-order valence-electron chi connectivity index (χ1n) is 6.16. The van der Waals surface area contributed by atoms with Crippen LogP contribution in [0, 0.1) is 11.3 Å². The lowest BCUT2D eigenvalue weighted by atomic mass is 10.2. The van der Waals surface area contributed by atoms with Gasteiger partial charge in [-0.15, -0.1) is 23.5 Å². The predicted molar refractivity (Wildman–Crippen MR) is 99.9 cm³/mol. The third-order valence-electron chi connectivity index (χ3n) is 2.99. The minimum Gasteiger partial charge on any atom is -0.293 e. The lowest BCUT2D eigenvalue weighted by Gasteiger charge is -2.13. The fourth-order valence-corrected chi connectivity index (χ4v) is 7.67. The molecule has 21 heavy (non-hydrogen) atoms. The maximum absolute atomic E-state index is 9.45. The molecule has 0 amide bonds. The highest BCUT2D eigenvalue weighted by Gasteiger charge is 2.29. The second-order valence-electron chi connectivity index (χ2n) is 4.34. The molecule has 8 heteroatoms. The van der Waals surface area contributed by atoms with Crippen LogP contribution < -0.4 is 0 Å². The van der Waals surface area contributed by atoms with Crippen molar-refractivity contribution >= 4 is 68.0 Å². The number of benzene rings is 1. The van der Waals surface area contributed by atoms with E-state index in [-0.39, 0.29) is 26.6 Å². The van der Waals surface area contributed by atoms with Crippen LogP contribution in [0.15, 0.2) is 31.3 Å². The molecule has 3 rings (SSSR count). The maximum atomic E-state index is 9.45. The lowest BCUT2D eigenvalue weighted by molar-refractivity contribution is 0.661. The van der Waals surface area contributed by atoms with Gasteiger partial charge in [0.25, 0.3) is 0 Å². The van der Waals surface area contributed by atoms with Crippen molar-refractivity contribution < 1.29 is 0 Å². The first-order valence-corrected chi connectivity index (χ1v) is 10.7. The van der Waals surface area contributed by atoms with Gasteiger partial charge in [-0.05, 0) is 17.7 Å². The minimum absolute atomic E-state index is 0.274. The van der Waals surface area contributed by atoms with E-state index < -0.39 is 0 Å². The number of allylic oxidation sites excluding steroid dienone is 1. The van der Waals surface area contributed by atoms with Crippen molar-refractivity contribution in [2.24, 2.45) is 3.15 Å². The number of halogens is 3. The van der Waals surface area contributed by atoms with Crippen molar-refractivity contribution in [3.8, 4) is 6.07 Å². The largest absolute Gasteiger partial charge is 0.293 e. The van der Waals surface area contributed by atoms with Crippen LogP contribution >= 0.6 is 68.0 Å². The zero-order valence-corrected chi connectivity index (χ0v) is 16.0. The molecule has 0 bridgehead atoms. The molecule has 0 aliphatic carbocycles. The molecule has 1 unspecified atom stereocenters. The van der Waals surface area contributed by atoms with E-state index in [1.54, 1.807) is 29.6 Å². The standard InChI is InChI=1S/C13H10Cl2IN3S2/c14-8-1-2-9(10(15)5-8)12-7-20-13(21-12)11(6-17)19-4-3-18-16-19/h1-2,5,12H,3-4,7H2/b13-11+. The summed E-state index contributed by atoms with van der Waals surface area (Å²) in [5.74, 6) is 0.926. The van der Waals surface area contributed by atoms with Crippen LogP contribution in [0.4, 0.5) is 0 Å². The molecule has 1 atom stereocenters. The molecule has 0 saturated carbocycles. The van der Waals surface area contributed by atoms with E-state index in [9.17, 15) is 5.26 Å². The minimum atomic E-state index is -0.361. The number of nitrogens with zero attached hydrogens (tertiary/aromatic N) is 3. The highest BCUT2D eigenvalue weighted by atomic mass is 127. The van der Waals surface area contributed by atoms with E-state index >= 15 is 0 Å². The molecule has 0 aromatic heterocycles. The monoisotopic (exact) mass is 469 g/mol. The Morgan fingerprint density at radius 2 is 2.33 bits per heavy atom. The van der Waals surface area contributed by atoms with Crippen molar-refractivity contribution in [3.05, 3.63) is 43.7 Å². The molecule has 0 N–H and O–H groups in total. The molecule has 2 aliphatic rings. The van der Waals surface area contributed by atoms with E-state index in [4.69, 9.17) is 23.2 Å². The van der Waals surface area contributed by atoms with Crippen molar-refractivity contribution in [1.29, 1.82) is 5.26 Å². The molecular formula is C13H10Cl2IN3S2. The molecule has 2 heterocycles. The Morgan fingerprint density at radius 1 is 1.48 bits per heavy atom. The molecule has 3 nitrogen and oxygen atoms in total. The van der Waals surface area contributed by atoms with Crippen LogP contribution in [0.25, 0.3) is 0 Å². The van der Waals surface area contributed by atoms with E-state index in [0.29, 0.717) is 10.0 Å². The highest BCUT2D eigenvalue weighted by Crippen LogP contribution is 2.53. The van der Waals surface area contributed by atoms with Gasteiger partial charge in [0.2, 0.25) is 0 Å². The molecule has 1 aromatic carbocycles. The number of nitriles is 1. The van der Waals surface area contributed by atoms with Crippen LogP contribution in [0.5, 0.6) is 0 Å². The maximum Gasteiger partial charge on any atom is 0.145 e. The third-order valence-corrected chi connectivity index (χ3v) is 8.75. The SMILES string of the molecule is N#C/C(=C1/SCC(c2ccc(Cl)cc2Cl)S1)N1CCN=I1. The summed E-state index contributed by atoms with van der Waals surface area (Å²) in [4.78, 5) is 0. The average molecular weight is 470 g/mol. The summed E-state index contributed by atoms with van der Waals surface area (Å²) in [6, 6.07) is 7.99. The Labute approximate surface area is 152 Å². The summed E-state index contributed by atoms with van der Waals surface area (Å²) in [5, 5.41) is 11.1. The van der Waals surface area contributed by atoms with Crippen LogP contribution in [-0.2, 0) is 0 Å². The van der Waals surface area contributed by atoms with Crippen LogP contribution in [-0.4, -0.2) is 22.0 Å². The quantitative estimate of drug-likeness (QED) is 0.321. The number of thioether (sulfide) groups is 2. The molecule has 0 radical (unpaired) electrons. The molecule has 1 aromatic rings. The summed E-state index contributed by atoms with van der Waals surface area (Å²) in [5.41, 5.74) is 1.89. The first-order chi connectivity index (χ1) is 10.2. The Balaban J connectivity index is 1.84. The smallest absolute Gasteiger partial charge is 0.145 e. The fourth-order valence-electron chi connectivity index (χ4n) is 2.00. The van der Waals surface area contributed by atoms with Gasteiger partial charge in [-0.2, -0.15) is 5.26 Å². The van der Waals surface area contributed by atoms with Crippen molar-refractivity contribution in [2.75, 3.05) is 18.8 Å². The van der Waals surface area contributed by atoms with Gasteiger partial charge in [0.1, 0.15) is 33.1 Å². The third kappa shape index (κ3) is 3.53. The van der Waals surface area contributed by atoms with Gasteiger partial charge in [0.05, 0.1) is 10.8 Å². The van der Waals surface area contributed by atoms with Gasteiger partial charge < -0.3 is 0 Å². The highest BCUT2D eigenvalue weighted by molar-refractivity contribution is 14.1. The van der Waals surface area contributed by atoms with Gasteiger partial charge >= 0.3 is 0 Å². The Kier molecular flexibility index (Phi) is 5.38. The summed E-state index contributed by atoms with van der Waals surface area (Å²) in [6.07, 6.45) is 0. The van der Waals surface area contributed by atoms with Gasteiger partial charge in [-0.1, -0.05) is 29.3 Å². The molecule has 0 spiro atoms. The summed E-state index contributed by atoms with van der Waals surface area (Å²) < 4.78 is 7.66. The Bertz CT molecular complexity index is 672. The summed E-state index contributed by atoms with van der Waals surface area (Å²) in [6.45, 7) is 1.74. The van der Waals surface area contributed by atoms with Crippen LogP contribution in [0.2, 0.25) is 10.0 Å². The van der Waals surface area contributed by atoms with Crippen molar-refractivity contribution in [3.63, 3.8) is 0 Å². The van der Waals surface area contributed by atoms with E-state index in [0.717, 1.165) is 34.3 Å². The van der Waals surface area contributed by atoms with E-state index in [1.165, 1.54) is 0 Å². The second-order valence-corrected chi connectivity index (χ2v) is 9.96. The molecular weight excluding hydrogens is 460 g/mol. The summed E-state index contributed by atoms with van der Waals surface area (Å²) in [7, 11) is 0. The van der Waals surface area contributed by atoms with Crippen LogP contribution in [0.3, 0.4) is 0 Å². The van der Waals surface area contributed by atoms with Crippen molar-refractivity contribution in [1.82, 2.24) is 3.11 Å². The normalized spacial score (nSPS) is 23.9. The number of hydrogen-bond donors (Lipinski definition) is 0. The van der Waals surface area contributed by atoms with Crippen molar-refractivity contribution in [2.45, 2.75) is 5.25 Å². The van der Waals surface area contributed by atoms with Gasteiger partial charge in [0.15, 0.2) is 0 Å². The molecule has 2 aliphatic heterocycles. The first kappa shape index (κ1) is 15.9. The summed E-state index contributed by atoms with van der Waals surface area (Å²) >= 11 is 15.3. The topological polar surface area (TPSA) is 39.4 Å². The lowest BCUT2D eigenvalue weighted by Crippen LogP contribution is -2.11. The van der Waals surface area contributed by atoms with E-state index in [1.807, 2.05) is 12.1 Å². The molecule has 1 saturated heterocycles. The predicted octanol–water partition coefficient (Wildman–Crippen LogP) is 5.59. The van der Waals surface area contributed by atoms with Gasteiger partial charge in [-0.3, -0.25) is 3.11 Å². The Hall–Kier alpha value is 0.0600. The molecule has 110 valence electrons.